The molecule has 40 heavy (non-hydrogen) atoms. The lowest BCUT2D eigenvalue weighted by atomic mass is 9.89. The number of aryl methyl sites for hydroxylation is 1. The molecule has 0 spiro atoms. The highest BCUT2D eigenvalue weighted by atomic mass is 35.5. The summed E-state index contributed by atoms with van der Waals surface area (Å²) >= 11 is 6.45. The lowest BCUT2D eigenvalue weighted by molar-refractivity contribution is -0.133. The van der Waals surface area contributed by atoms with Gasteiger partial charge < -0.3 is 19.9 Å². The second kappa shape index (κ2) is 14.1. The van der Waals surface area contributed by atoms with E-state index in [-0.39, 0.29) is 17.7 Å². The molecule has 2 aromatic carbocycles. The van der Waals surface area contributed by atoms with Crippen LogP contribution in [0.15, 0.2) is 47.6 Å². The van der Waals surface area contributed by atoms with Crippen LogP contribution in [0, 0.1) is 18.8 Å². The van der Waals surface area contributed by atoms with Crippen molar-refractivity contribution in [3.05, 3.63) is 64.2 Å². The van der Waals surface area contributed by atoms with Crippen molar-refractivity contribution < 1.29 is 14.8 Å². The number of likely N-dealkylation sites (tertiary alicyclic amines) is 2. The molecule has 0 atom stereocenters. The van der Waals surface area contributed by atoms with Crippen molar-refractivity contribution in [3.63, 3.8) is 0 Å². The zero-order valence-corrected chi connectivity index (χ0v) is 24.9. The second-order valence-corrected chi connectivity index (χ2v) is 11.8. The molecule has 2 fully saturated rings. The predicted octanol–water partition coefficient (Wildman–Crippen LogP) is 5.78. The fourth-order valence-corrected chi connectivity index (χ4v) is 6.09. The van der Waals surface area contributed by atoms with Gasteiger partial charge in [0.05, 0.1) is 5.71 Å². The van der Waals surface area contributed by atoms with Crippen LogP contribution in [0.5, 0.6) is 0 Å². The second-order valence-electron chi connectivity index (χ2n) is 11.4. The number of hydrogen-bond acceptors (Lipinski definition) is 5. The summed E-state index contributed by atoms with van der Waals surface area (Å²) in [5, 5.41) is 12.9. The van der Waals surface area contributed by atoms with Gasteiger partial charge in [0, 0.05) is 43.2 Å². The lowest BCUT2D eigenvalue weighted by Crippen LogP contribution is -2.45. The van der Waals surface area contributed by atoms with Gasteiger partial charge >= 0.3 is 0 Å². The van der Waals surface area contributed by atoms with Gasteiger partial charge in [-0.3, -0.25) is 9.59 Å². The van der Waals surface area contributed by atoms with Gasteiger partial charge in [-0.2, -0.15) is 0 Å². The maximum absolute atomic E-state index is 13.7. The number of carbonyl (C=O) groups is 2. The van der Waals surface area contributed by atoms with E-state index in [1.165, 1.54) is 18.4 Å². The van der Waals surface area contributed by atoms with Crippen LogP contribution in [0.4, 0.5) is 5.69 Å². The average Bonchev–Trinajstić information content (AvgIpc) is 2.97. The van der Waals surface area contributed by atoms with Gasteiger partial charge in [-0.1, -0.05) is 47.1 Å². The van der Waals surface area contributed by atoms with Gasteiger partial charge in [-0.15, -0.1) is 0 Å². The molecule has 0 unspecified atom stereocenters. The zero-order chi connectivity index (χ0) is 28.6. The summed E-state index contributed by atoms with van der Waals surface area (Å²) in [6.45, 7) is 10.4. The Morgan fingerprint density at radius 2 is 1.68 bits per heavy atom. The monoisotopic (exact) mass is 566 g/mol. The molecular formula is C32H43ClN4O3. The zero-order valence-electron chi connectivity index (χ0n) is 24.1. The molecule has 1 N–H and O–H groups in total. The third kappa shape index (κ3) is 7.85. The van der Waals surface area contributed by atoms with Crippen LogP contribution in [0.2, 0.25) is 5.02 Å². The maximum Gasteiger partial charge on any atom is 0.230 e. The smallest absolute Gasteiger partial charge is 0.230 e. The Kier molecular flexibility index (Phi) is 10.6. The number of hydrogen-bond donors (Lipinski definition) is 1. The van der Waals surface area contributed by atoms with Crippen LogP contribution in [-0.4, -0.2) is 71.8 Å². The molecule has 0 aromatic heterocycles. The predicted molar refractivity (Wildman–Crippen MR) is 161 cm³/mol. The lowest BCUT2D eigenvalue weighted by Gasteiger charge is -2.35. The molecule has 2 saturated heterocycles. The Labute approximate surface area is 243 Å². The third-order valence-corrected chi connectivity index (χ3v) is 9.04. The van der Waals surface area contributed by atoms with Crippen molar-refractivity contribution in [2.24, 2.45) is 17.0 Å². The molecule has 7 nitrogen and oxygen atoms in total. The maximum atomic E-state index is 13.7. The number of halogens is 1. The summed E-state index contributed by atoms with van der Waals surface area (Å²) in [6.07, 6.45) is 5.73. The Morgan fingerprint density at radius 3 is 2.27 bits per heavy atom. The first-order valence-corrected chi connectivity index (χ1v) is 15.0. The van der Waals surface area contributed by atoms with Gasteiger partial charge in [0.25, 0.3) is 0 Å². The highest BCUT2D eigenvalue weighted by molar-refractivity contribution is 6.31. The highest BCUT2D eigenvalue weighted by Crippen LogP contribution is 2.28. The largest absolute Gasteiger partial charge is 0.411 e. The van der Waals surface area contributed by atoms with E-state index in [0.717, 1.165) is 49.3 Å². The Hall–Kier alpha value is -2.90. The average molecular weight is 567 g/mol. The van der Waals surface area contributed by atoms with Crippen LogP contribution >= 0.6 is 11.6 Å². The summed E-state index contributed by atoms with van der Waals surface area (Å²) in [7, 11) is 0. The van der Waals surface area contributed by atoms with Crippen LogP contribution in [0.1, 0.15) is 62.6 Å². The van der Waals surface area contributed by atoms with Gasteiger partial charge in [0.15, 0.2) is 0 Å². The number of rotatable bonds is 9. The van der Waals surface area contributed by atoms with Gasteiger partial charge in [-0.05, 0) is 107 Å². The fraction of sp³-hybridized carbons (Fsp3) is 0.531. The third-order valence-electron chi connectivity index (χ3n) is 8.63. The molecular weight excluding hydrogens is 524 g/mol. The number of anilines is 1. The molecule has 2 aromatic rings. The summed E-state index contributed by atoms with van der Waals surface area (Å²) in [4.78, 5) is 31.7. The summed E-state index contributed by atoms with van der Waals surface area (Å²) in [5.41, 5.74) is 4.76. The minimum atomic E-state index is -0.0691. The van der Waals surface area contributed by atoms with Crippen molar-refractivity contribution in [1.29, 1.82) is 0 Å². The Balaban J connectivity index is 1.29. The van der Waals surface area contributed by atoms with Crippen molar-refractivity contribution in [2.75, 3.05) is 44.2 Å². The molecule has 0 aliphatic carbocycles. The van der Waals surface area contributed by atoms with Crippen LogP contribution < -0.4 is 4.90 Å². The molecule has 2 aliphatic heterocycles. The van der Waals surface area contributed by atoms with E-state index < -0.39 is 0 Å². The van der Waals surface area contributed by atoms with Crippen molar-refractivity contribution in [2.45, 2.75) is 59.3 Å². The summed E-state index contributed by atoms with van der Waals surface area (Å²) in [6, 6.07) is 14.2. The van der Waals surface area contributed by atoms with E-state index in [9.17, 15) is 9.59 Å². The molecule has 0 saturated carbocycles. The van der Waals surface area contributed by atoms with Crippen molar-refractivity contribution in [1.82, 2.24) is 9.80 Å². The van der Waals surface area contributed by atoms with E-state index in [0.29, 0.717) is 49.1 Å². The highest BCUT2D eigenvalue weighted by Gasteiger charge is 2.30. The van der Waals surface area contributed by atoms with Gasteiger partial charge in [-0.25, -0.2) is 0 Å². The topological polar surface area (TPSA) is 76.5 Å². The molecule has 216 valence electrons. The first-order chi connectivity index (χ1) is 19.2. The van der Waals surface area contributed by atoms with Crippen molar-refractivity contribution in [3.8, 4) is 0 Å². The first-order valence-electron chi connectivity index (χ1n) is 14.6. The molecule has 2 amide bonds. The standard InChI is InChI=1S/C32H43ClN4O3/c1-23-5-10-30(22-31(23)33)37(32(39)29-13-19-36(20-14-29)25(3)38)16-4-15-35-17-11-27(12-18-35)21-26-6-8-28(9-7-26)24(2)34-40/h5-10,22,27,29,40H,4,11-21H2,1-3H3/b34-24+. The van der Waals surface area contributed by atoms with E-state index in [1.54, 1.807) is 13.8 Å². The molecule has 4 rings (SSSR count). The van der Waals surface area contributed by atoms with E-state index in [4.69, 9.17) is 16.8 Å². The van der Waals surface area contributed by atoms with Crippen LogP contribution in [0.3, 0.4) is 0 Å². The molecule has 0 bridgehead atoms. The minimum Gasteiger partial charge on any atom is -0.411 e. The number of amides is 2. The Morgan fingerprint density at radius 1 is 1.00 bits per heavy atom. The molecule has 2 aliphatic rings. The number of piperidine rings is 2. The number of nitrogens with zero attached hydrogens (tertiary/aromatic N) is 4. The quantitative estimate of drug-likeness (QED) is 0.237. The molecule has 2 heterocycles. The minimum absolute atomic E-state index is 0.0691. The van der Waals surface area contributed by atoms with Crippen molar-refractivity contribution >= 4 is 34.8 Å². The summed E-state index contributed by atoms with van der Waals surface area (Å²) < 4.78 is 0. The van der Waals surface area contributed by atoms with E-state index in [2.05, 4.69) is 22.2 Å². The number of benzene rings is 2. The van der Waals surface area contributed by atoms with E-state index in [1.807, 2.05) is 47.1 Å². The Bertz CT molecular complexity index is 1180. The van der Waals surface area contributed by atoms with E-state index >= 15 is 0 Å². The van der Waals surface area contributed by atoms with Crippen LogP contribution in [0.25, 0.3) is 0 Å². The first kappa shape index (κ1) is 30.1. The summed E-state index contributed by atoms with van der Waals surface area (Å²) in [5.74, 6) is 0.829. The fourth-order valence-electron chi connectivity index (χ4n) is 5.92. The normalized spacial score (nSPS) is 17.7. The van der Waals surface area contributed by atoms with Crippen LogP contribution in [-0.2, 0) is 16.0 Å². The molecule has 8 heteroatoms. The van der Waals surface area contributed by atoms with Gasteiger partial charge in [0.2, 0.25) is 11.8 Å². The SMILES string of the molecule is CC(=O)N1CCC(C(=O)N(CCCN2CCC(Cc3ccc(/C(C)=N/O)cc3)CC2)c2ccc(C)c(Cl)c2)CC1. The number of carbonyl (C=O) groups excluding carboxylic acids is 2. The van der Waals surface area contributed by atoms with Gasteiger partial charge in [0.1, 0.15) is 0 Å². The number of oxime groups is 1. The molecule has 0 radical (unpaired) electrons.